The summed E-state index contributed by atoms with van der Waals surface area (Å²) in [6, 6.07) is 10.2. The van der Waals surface area contributed by atoms with Gasteiger partial charge in [0.25, 0.3) is 0 Å². The summed E-state index contributed by atoms with van der Waals surface area (Å²) in [5, 5.41) is 11.4. The molecule has 1 N–H and O–H groups in total. The molecule has 0 radical (unpaired) electrons. The summed E-state index contributed by atoms with van der Waals surface area (Å²) >= 11 is 0. The van der Waals surface area contributed by atoms with Gasteiger partial charge in [0.05, 0.1) is 4.90 Å². The van der Waals surface area contributed by atoms with Crippen LogP contribution >= 0.6 is 0 Å². The van der Waals surface area contributed by atoms with Crippen LogP contribution in [-0.4, -0.2) is 30.9 Å². The molecule has 0 aliphatic carbocycles. The minimum Gasteiger partial charge on any atom is -0.507 e. The lowest BCUT2D eigenvalue weighted by molar-refractivity contribution is 0.346. The Labute approximate surface area is 118 Å². The molecule has 4 nitrogen and oxygen atoms in total. The Morgan fingerprint density at radius 3 is 2.45 bits per heavy atom. The van der Waals surface area contributed by atoms with E-state index in [-0.39, 0.29) is 10.6 Å². The number of hydrogen-bond acceptors (Lipinski definition) is 3. The molecule has 1 fully saturated rings. The predicted octanol–water partition coefficient (Wildman–Crippen LogP) is 2.72. The van der Waals surface area contributed by atoms with E-state index in [2.05, 4.69) is 0 Å². The maximum atomic E-state index is 12.6. The van der Waals surface area contributed by atoms with E-state index >= 15 is 0 Å². The molecule has 1 saturated heterocycles. The van der Waals surface area contributed by atoms with E-state index in [1.807, 2.05) is 18.2 Å². The van der Waals surface area contributed by atoms with Gasteiger partial charge in [0, 0.05) is 24.5 Å². The van der Waals surface area contributed by atoms with Gasteiger partial charge in [-0.2, -0.15) is 4.31 Å². The topological polar surface area (TPSA) is 57.6 Å². The number of nitrogens with zero attached hydrogens (tertiary/aromatic N) is 1. The molecule has 0 aromatic heterocycles. The molecule has 1 aliphatic heterocycles. The van der Waals surface area contributed by atoms with E-state index in [1.54, 1.807) is 12.1 Å². The summed E-state index contributed by atoms with van der Waals surface area (Å²) in [7, 11) is -3.50. The van der Waals surface area contributed by atoms with Crippen molar-refractivity contribution in [2.24, 2.45) is 0 Å². The van der Waals surface area contributed by atoms with E-state index in [0.717, 1.165) is 24.6 Å². The van der Waals surface area contributed by atoms with E-state index < -0.39 is 10.0 Å². The normalized spacial score (nSPS) is 17.4. The molecule has 2 aromatic carbocycles. The van der Waals surface area contributed by atoms with Gasteiger partial charge in [-0.15, -0.1) is 0 Å². The molecule has 0 amide bonds. The first kappa shape index (κ1) is 13.4. The van der Waals surface area contributed by atoms with E-state index in [4.69, 9.17) is 0 Å². The fourth-order valence-corrected chi connectivity index (χ4v) is 4.24. The highest BCUT2D eigenvalue weighted by Crippen LogP contribution is 2.30. The molecular weight excluding hydrogens is 274 g/mol. The summed E-state index contributed by atoms with van der Waals surface area (Å²) < 4.78 is 26.7. The minimum absolute atomic E-state index is 0.0127. The maximum Gasteiger partial charge on any atom is 0.243 e. The molecule has 106 valence electrons. The lowest BCUT2D eigenvalue weighted by atomic mass is 10.1. The second-order valence-corrected chi connectivity index (χ2v) is 7.07. The van der Waals surface area contributed by atoms with E-state index in [1.165, 1.54) is 10.4 Å². The van der Waals surface area contributed by atoms with Crippen molar-refractivity contribution in [2.75, 3.05) is 13.1 Å². The number of benzene rings is 2. The van der Waals surface area contributed by atoms with Gasteiger partial charge in [-0.1, -0.05) is 30.7 Å². The number of sulfonamides is 1. The monoisotopic (exact) mass is 291 g/mol. The second-order valence-electron chi connectivity index (χ2n) is 5.13. The van der Waals surface area contributed by atoms with Crippen LogP contribution in [0.4, 0.5) is 0 Å². The zero-order valence-corrected chi connectivity index (χ0v) is 11.9. The molecule has 0 atom stereocenters. The Morgan fingerprint density at radius 1 is 1.00 bits per heavy atom. The van der Waals surface area contributed by atoms with Crippen LogP contribution in [-0.2, 0) is 10.0 Å². The molecule has 0 saturated carbocycles. The summed E-state index contributed by atoms with van der Waals surface area (Å²) in [5.74, 6) is 0.0127. The zero-order chi connectivity index (χ0) is 14.2. The van der Waals surface area contributed by atoms with Crippen LogP contribution in [0.1, 0.15) is 19.3 Å². The minimum atomic E-state index is -3.50. The first-order valence-corrected chi connectivity index (χ1v) is 8.25. The van der Waals surface area contributed by atoms with Gasteiger partial charge < -0.3 is 5.11 Å². The van der Waals surface area contributed by atoms with Gasteiger partial charge in [0.15, 0.2) is 0 Å². The van der Waals surface area contributed by atoms with Crippen LogP contribution in [0.5, 0.6) is 5.75 Å². The van der Waals surface area contributed by atoms with Crippen LogP contribution in [0.3, 0.4) is 0 Å². The molecule has 2 aromatic rings. The van der Waals surface area contributed by atoms with Gasteiger partial charge in [0.2, 0.25) is 10.0 Å². The van der Waals surface area contributed by atoms with Crippen molar-refractivity contribution in [1.82, 2.24) is 4.31 Å². The number of aromatic hydroxyl groups is 1. The van der Waals surface area contributed by atoms with Crippen LogP contribution in [0.25, 0.3) is 10.8 Å². The maximum absolute atomic E-state index is 12.6. The molecule has 0 spiro atoms. The molecule has 20 heavy (non-hydrogen) atoms. The Bertz CT molecular complexity index is 734. The highest BCUT2D eigenvalue weighted by Gasteiger charge is 2.26. The lowest BCUT2D eigenvalue weighted by Gasteiger charge is -2.26. The van der Waals surface area contributed by atoms with Crippen molar-refractivity contribution in [1.29, 1.82) is 0 Å². The Hall–Kier alpha value is -1.59. The molecular formula is C15H17NO3S. The standard InChI is InChI=1S/C15H17NO3S/c17-15-11-13(10-12-6-2-3-7-14(12)15)20(18,19)16-8-4-1-5-9-16/h2-3,6-7,10-11,17H,1,4-5,8-9H2. The van der Waals surface area contributed by atoms with Gasteiger partial charge >= 0.3 is 0 Å². The average molecular weight is 291 g/mol. The van der Waals surface area contributed by atoms with Crippen molar-refractivity contribution in [3.63, 3.8) is 0 Å². The number of hydrogen-bond donors (Lipinski definition) is 1. The number of piperidine rings is 1. The summed E-state index contributed by atoms with van der Waals surface area (Å²) in [6.07, 6.45) is 2.88. The van der Waals surface area contributed by atoms with Gasteiger partial charge in [0.1, 0.15) is 5.75 Å². The molecule has 1 aliphatic rings. The van der Waals surface area contributed by atoms with Gasteiger partial charge in [-0.25, -0.2) is 8.42 Å². The summed E-state index contributed by atoms with van der Waals surface area (Å²) in [6.45, 7) is 1.13. The largest absolute Gasteiger partial charge is 0.507 e. The van der Waals surface area contributed by atoms with Crippen molar-refractivity contribution in [2.45, 2.75) is 24.2 Å². The lowest BCUT2D eigenvalue weighted by Crippen LogP contribution is -2.35. The summed E-state index contributed by atoms with van der Waals surface area (Å²) in [5.41, 5.74) is 0. The fourth-order valence-electron chi connectivity index (χ4n) is 2.67. The molecule has 0 unspecified atom stereocenters. The quantitative estimate of drug-likeness (QED) is 0.925. The van der Waals surface area contributed by atoms with Crippen molar-refractivity contribution < 1.29 is 13.5 Å². The zero-order valence-electron chi connectivity index (χ0n) is 11.1. The number of fused-ring (bicyclic) bond motifs is 1. The highest BCUT2D eigenvalue weighted by molar-refractivity contribution is 7.89. The third-order valence-electron chi connectivity index (χ3n) is 3.77. The summed E-state index contributed by atoms with van der Waals surface area (Å²) in [4.78, 5) is 0.176. The number of phenolic OH excluding ortho intramolecular Hbond substituents is 1. The van der Waals surface area contributed by atoms with Crippen molar-refractivity contribution in [3.8, 4) is 5.75 Å². The average Bonchev–Trinajstić information content (AvgIpc) is 2.48. The van der Waals surface area contributed by atoms with Crippen LogP contribution < -0.4 is 0 Å². The smallest absolute Gasteiger partial charge is 0.243 e. The Balaban J connectivity index is 2.09. The third-order valence-corrected chi connectivity index (χ3v) is 5.64. The molecule has 3 rings (SSSR count). The Kier molecular flexibility index (Phi) is 3.40. The van der Waals surface area contributed by atoms with Crippen LogP contribution in [0, 0.1) is 0 Å². The van der Waals surface area contributed by atoms with Crippen molar-refractivity contribution >= 4 is 20.8 Å². The second kappa shape index (κ2) is 5.07. The highest BCUT2D eigenvalue weighted by atomic mass is 32.2. The number of rotatable bonds is 2. The van der Waals surface area contributed by atoms with Crippen LogP contribution in [0.2, 0.25) is 0 Å². The van der Waals surface area contributed by atoms with E-state index in [9.17, 15) is 13.5 Å². The third kappa shape index (κ3) is 2.27. The van der Waals surface area contributed by atoms with Gasteiger partial charge in [-0.3, -0.25) is 0 Å². The van der Waals surface area contributed by atoms with Gasteiger partial charge in [-0.05, 0) is 24.3 Å². The van der Waals surface area contributed by atoms with Crippen LogP contribution in [0.15, 0.2) is 41.3 Å². The number of phenols is 1. The molecule has 1 heterocycles. The Morgan fingerprint density at radius 2 is 1.70 bits per heavy atom. The molecule has 0 bridgehead atoms. The SMILES string of the molecule is O=S(=O)(c1cc(O)c2ccccc2c1)N1CCCCC1. The van der Waals surface area contributed by atoms with E-state index in [0.29, 0.717) is 18.5 Å². The first-order chi connectivity index (χ1) is 9.59. The predicted molar refractivity (Wildman–Crippen MR) is 78.2 cm³/mol. The molecule has 5 heteroatoms. The van der Waals surface area contributed by atoms with Crippen molar-refractivity contribution in [3.05, 3.63) is 36.4 Å². The first-order valence-electron chi connectivity index (χ1n) is 6.81. The fraction of sp³-hybridized carbons (Fsp3) is 0.333.